The Labute approximate surface area is 189 Å². The van der Waals surface area contributed by atoms with Crippen LogP contribution in [0.2, 0.25) is 5.02 Å². The van der Waals surface area contributed by atoms with Crippen LogP contribution in [0.5, 0.6) is 5.75 Å². The molecule has 0 aliphatic rings. The van der Waals surface area contributed by atoms with Crippen molar-refractivity contribution in [3.63, 3.8) is 0 Å². The molecule has 0 bridgehead atoms. The molecule has 160 valence electrons. The molecule has 0 atom stereocenters. The fourth-order valence-corrected chi connectivity index (χ4v) is 4.72. The predicted molar refractivity (Wildman–Crippen MR) is 125 cm³/mol. The Balaban J connectivity index is 1.79. The number of aromatic nitrogens is 4. The van der Waals surface area contributed by atoms with E-state index in [1.54, 1.807) is 16.4 Å². The van der Waals surface area contributed by atoms with E-state index >= 15 is 0 Å². The Morgan fingerprint density at radius 1 is 1.13 bits per heavy atom. The van der Waals surface area contributed by atoms with E-state index in [1.165, 1.54) is 11.8 Å². The van der Waals surface area contributed by atoms with Crippen LogP contribution in [-0.2, 0) is 18.8 Å². The number of hydrogen-bond acceptors (Lipinski definition) is 5. The van der Waals surface area contributed by atoms with Gasteiger partial charge >= 0.3 is 0 Å². The number of ether oxygens (including phenoxy) is 1. The molecule has 0 radical (unpaired) electrons. The zero-order valence-electron chi connectivity index (χ0n) is 17.6. The molecule has 0 amide bonds. The van der Waals surface area contributed by atoms with Gasteiger partial charge < -0.3 is 4.74 Å². The molecule has 2 heterocycles. The van der Waals surface area contributed by atoms with E-state index in [4.69, 9.17) is 21.3 Å². The highest BCUT2D eigenvalue weighted by molar-refractivity contribution is 7.98. The lowest BCUT2D eigenvalue weighted by Crippen LogP contribution is -2.25. The van der Waals surface area contributed by atoms with Crippen LogP contribution in [0.4, 0.5) is 0 Å². The van der Waals surface area contributed by atoms with Crippen molar-refractivity contribution in [2.75, 3.05) is 7.11 Å². The molecule has 4 aromatic rings. The fraction of sp³-hybridized carbons (Fsp3) is 0.261. The molecule has 0 saturated heterocycles. The Morgan fingerprint density at radius 2 is 1.87 bits per heavy atom. The van der Waals surface area contributed by atoms with E-state index in [1.807, 2.05) is 62.4 Å². The number of rotatable bonds is 7. The van der Waals surface area contributed by atoms with Crippen molar-refractivity contribution in [3.8, 4) is 5.75 Å². The lowest BCUT2D eigenvalue weighted by molar-refractivity contribution is 0.414. The van der Waals surface area contributed by atoms with Gasteiger partial charge in [-0.05, 0) is 43.2 Å². The summed E-state index contributed by atoms with van der Waals surface area (Å²) in [6.45, 7) is 4.87. The van der Waals surface area contributed by atoms with Gasteiger partial charge in [0.25, 0.3) is 5.56 Å². The van der Waals surface area contributed by atoms with Gasteiger partial charge in [0.05, 0.1) is 19.3 Å². The Morgan fingerprint density at radius 3 is 2.55 bits per heavy atom. The maximum absolute atomic E-state index is 13.5. The molecule has 2 aromatic heterocycles. The number of methoxy groups -OCH3 is 1. The van der Waals surface area contributed by atoms with E-state index in [2.05, 4.69) is 5.10 Å². The van der Waals surface area contributed by atoms with Crippen molar-refractivity contribution in [1.82, 2.24) is 19.3 Å². The minimum absolute atomic E-state index is 0.0927. The summed E-state index contributed by atoms with van der Waals surface area (Å²) in [5, 5.41) is 5.86. The maximum Gasteiger partial charge on any atom is 0.280 e. The molecule has 6 nitrogen and oxygen atoms in total. The van der Waals surface area contributed by atoms with Crippen molar-refractivity contribution in [2.24, 2.45) is 0 Å². The van der Waals surface area contributed by atoms with E-state index < -0.39 is 0 Å². The number of halogens is 1. The highest BCUT2D eigenvalue weighted by Crippen LogP contribution is 2.27. The SMILES string of the molecule is CCn1nc(C)c2nc(SCc3ccccc3Cl)n(Cc3ccc(OC)cc3)c(=O)c21. The van der Waals surface area contributed by atoms with Gasteiger partial charge in [0.15, 0.2) is 10.7 Å². The average molecular weight is 455 g/mol. The Kier molecular flexibility index (Phi) is 6.34. The summed E-state index contributed by atoms with van der Waals surface area (Å²) in [5.41, 5.74) is 3.84. The Bertz CT molecular complexity index is 1280. The van der Waals surface area contributed by atoms with E-state index in [-0.39, 0.29) is 5.56 Å². The van der Waals surface area contributed by atoms with Gasteiger partial charge in [-0.1, -0.05) is 53.7 Å². The normalized spacial score (nSPS) is 11.2. The molecule has 0 aliphatic heterocycles. The summed E-state index contributed by atoms with van der Waals surface area (Å²) in [6, 6.07) is 15.4. The van der Waals surface area contributed by atoms with Crippen molar-refractivity contribution < 1.29 is 4.74 Å². The molecule has 0 fully saturated rings. The zero-order chi connectivity index (χ0) is 22.0. The highest BCUT2D eigenvalue weighted by Gasteiger charge is 2.19. The molecule has 2 aromatic carbocycles. The monoisotopic (exact) mass is 454 g/mol. The second kappa shape index (κ2) is 9.16. The largest absolute Gasteiger partial charge is 0.497 e. The number of thioether (sulfide) groups is 1. The molecule has 31 heavy (non-hydrogen) atoms. The summed E-state index contributed by atoms with van der Waals surface area (Å²) in [7, 11) is 1.63. The van der Waals surface area contributed by atoms with Gasteiger partial charge in [-0.25, -0.2) is 4.98 Å². The van der Waals surface area contributed by atoms with Crippen LogP contribution in [0.25, 0.3) is 11.0 Å². The van der Waals surface area contributed by atoms with Gasteiger partial charge in [-0.15, -0.1) is 0 Å². The lowest BCUT2D eigenvalue weighted by atomic mass is 10.2. The second-order valence-electron chi connectivity index (χ2n) is 7.11. The first-order valence-corrected chi connectivity index (χ1v) is 11.3. The molecule has 0 unspecified atom stereocenters. The molecular formula is C23H23ClN4O2S. The van der Waals surface area contributed by atoms with E-state index in [9.17, 15) is 4.79 Å². The first-order chi connectivity index (χ1) is 15.0. The van der Waals surface area contributed by atoms with Crippen LogP contribution in [0.15, 0.2) is 58.5 Å². The lowest BCUT2D eigenvalue weighted by Gasteiger charge is -2.13. The summed E-state index contributed by atoms with van der Waals surface area (Å²) < 4.78 is 8.70. The summed E-state index contributed by atoms with van der Waals surface area (Å²) in [6.07, 6.45) is 0. The van der Waals surface area contributed by atoms with Gasteiger partial charge in [-0.3, -0.25) is 14.0 Å². The number of fused-ring (bicyclic) bond motifs is 1. The van der Waals surface area contributed by atoms with Gasteiger partial charge in [0.2, 0.25) is 0 Å². The Hall–Kier alpha value is -2.77. The highest BCUT2D eigenvalue weighted by atomic mass is 35.5. The van der Waals surface area contributed by atoms with Crippen LogP contribution in [0.3, 0.4) is 0 Å². The molecule has 0 N–H and O–H groups in total. The predicted octanol–water partition coefficient (Wildman–Crippen LogP) is 4.92. The van der Waals surface area contributed by atoms with Crippen molar-refractivity contribution in [3.05, 3.63) is 80.7 Å². The van der Waals surface area contributed by atoms with Crippen molar-refractivity contribution in [2.45, 2.75) is 37.8 Å². The topological polar surface area (TPSA) is 61.9 Å². The van der Waals surface area contributed by atoms with Crippen LogP contribution < -0.4 is 10.3 Å². The van der Waals surface area contributed by atoms with E-state index in [0.717, 1.165) is 22.6 Å². The first-order valence-electron chi connectivity index (χ1n) is 9.99. The second-order valence-corrected chi connectivity index (χ2v) is 8.46. The third-order valence-electron chi connectivity index (χ3n) is 5.10. The third-order valence-corrected chi connectivity index (χ3v) is 6.49. The smallest absolute Gasteiger partial charge is 0.280 e. The van der Waals surface area contributed by atoms with Gasteiger partial charge in [0, 0.05) is 17.3 Å². The van der Waals surface area contributed by atoms with E-state index in [0.29, 0.717) is 40.1 Å². The number of nitrogens with zero attached hydrogens (tertiary/aromatic N) is 4. The number of aryl methyl sites for hydroxylation is 2. The summed E-state index contributed by atoms with van der Waals surface area (Å²) in [4.78, 5) is 18.4. The van der Waals surface area contributed by atoms with Crippen LogP contribution in [-0.4, -0.2) is 26.4 Å². The first kappa shape index (κ1) is 21.5. The number of benzene rings is 2. The third kappa shape index (κ3) is 4.34. The van der Waals surface area contributed by atoms with Crippen LogP contribution in [0.1, 0.15) is 23.7 Å². The van der Waals surface area contributed by atoms with Gasteiger partial charge in [-0.2, -0.15) is 5.10 Å². The standard InChI is InChI=1S/C23H23ClN4O2S/c1-4-28-21-20(15(2)26-28)25-23(31-14-17-7-5-6-8-19(17)24)27(22(21)29)13-16-9-11-18(30-3)12-10-16/h5-12H,4,13-14H2,1-3H3. The summed E-state index contributed by atoms with van der Waals surface area (Å²) >= 11 is 7.84. The quantitative estimate of drug-likeness (QED) is 0.293. The average Bonchev–Trinajstić information content (AvgIpc) is 3.11. The van der Waals surface area contributed by atoms with Crippen molar-refractivity contribution >= 4 is 34.4 Å². The zero-order valence-corrected chi connectivity index (χ0v) is 19.2. The molecule has 4 rings (SSSR count). The molecule has 8 heteroatoms. The van der Waals surface area contributed by atoms with Crippen LogP contribution >= 0.6 is 23.4 Å². The maximum atomic E-state index is 13.5. The van der Waals surface area contributed by atoms with Crippen LogP contribution in [0, 0.1) is 6.92 Å². The minimum Gasteiger partial charge on any atom is -0.497 e. The molecule has 0 aliphatic carbocycles. The molecular weight excluding hydrogens is 432 g/mol. The number of hydrogen-bond donors (Lipinski definition) is 0. The molecule has 0 saturated carbocycles. The van der Waals surface area contributed by atoms with Gasteiger partial charge in [0.1, 0.15) is 11.3 Å². The molecule has 0 spiro atoms. The summed E-state index contributed by atoms with van der Waals surface area (Å²) in [5.74, 6) is 1.39. The fourth-order valence-electron chi connectivity index (χ4n) is 3.44. The van der Waals surface area contributed by atoms with Crippen molar-refractivity contribution in [1.29, 1.82) is 0 Å². The minimum atomic E-state index is -0.0927.